The number of rotatable bonds is 5. The summed E-state index contributed by atoms with van der Waals surface area (Å²) in [5.74, 6) is 1.53. The molecule has 0 N–H and O–H groups in total. The highest BCUT2D eigenvalue weighted by atomic mass is 16.5. The van der Waals surface area contributed by atoms with Crippen LogP contribution in [-0.2, 0) is 13.1 Å². The lowest BCUT2D eigenvalue weighted by atomic mass is 10.2. The van der Waals surface area contributed by atoms with E-state index < -0.39 is 0 Å². The molecule has 8 heteroatoms. The van der Waals surface area contributed by atoms with Gasteiger partial charge in [-0.25, -0.2) is 9.67 Å². The Morgan fingerprint density at radius 2 is 2.21 bits per heavy atom. The molecule has 0 amide bonds. The maximum atomic E-state index is 12.2. The Balaban J connectivity index is 1.53. The standard InChI is InChI=1S/C16H18N6O2/c23-16-4-3-15(21-9-7-17-12-21)19-22(16)10-13-2-1-8-20(13)11-14-5-6-18-24-14/h3-7,9,12-13H,1-2,8,10-11H2. The Kier molecular flexibility index (Phi) is 3.96. The Labute approximate surface area is 138 Å². The third-order valence-corrected chi connectivity index (χ3v) is 4.35. The molecule has 0 bridgehead atoms. The molecule has 0 aliphatic carbocycles. The van der Waals surface area contributed by atoms with Crippen LogP contribution in [0.2, 0.25) is 0 Å². The minimum absolute atomic E-state index is 0.0922. The largest absolute Gasteiger partial charge is 0.360 e. The summed E-state index contributed by atoms with van der Waals surface area (Å²) in [5.41, 5.74) is -0.0922. The fourth-order valence-electron chi connectivity index (χ4n) is 3.13. The average molecular weight is 326 g/mol. The van der Waals surface area contributed by atoms with Crippen molar-refractivity contribution in [1.82, 2.24) is 29.4 Å². The molecule has 124 valence electrons. The summed E-state index contributed by atoms with van der Waals surface area (Å²) in [5, 5.41) is 8.22. The molecule has 1 atom stereocenters. The fraction of sp³-hybridized carbons (Fsp3) is 0.375. The lowest BCUT2D eigenvalue weighted by Crippen LogP contribution is -2.36. The molecule has 24 heavy (non-hydrogen) atoms. The van der Waals surface area contributed by atoms with Gasteiger partial charge in [0.15, 0.2) is 11.6 Å². The third-order valence-electron chi connectivity index (χ3n) is 4.35. The first-order valence-corrected chi connectivity index (χ1v) is 8.00. The monoisotopic (exact) mass is 326 g/mol. The van der Waals surface area contributed by atoms with E-state index in [0.29, 0.717) is 18.9 Å². The van der Waals surface area contributed by atoms with Crippen LogP contribution in [0.15, 0.2) is 52.4 Å². The zero-order chi connectivity index (χ0) is 16.4. The molecule has 1 saturated heterocycles. The highest BCUT2D eigenvalue weighted by Crippen LogP contribution is 2.21. The van der Waals surface area contributed by atoms with Gasteiger partial charge in [0, 0.05) is 30.6 Å². The van der Waals surface area contributed by atoms with Crippen molar-refractivity contribution in [3.63, 3.8) is 0 Å². The van der Waals surface area contributed by atoms with Gasteiger partial charge in [0.05, 0.1) is 19.3 Å². The predicted octanol–water partition coefficient (Wildman–Crippen LogP) is 1.08. The van der Waals surface area contributed by atoms with Gasteiger partial charge >= 0.3 is 0 Å². The molecule has 1 fully saturated rings. The van der Waals surface area contributed by atoms with Crippen LogP contribution in [0.5, 0.6) is 0 Å². The van der Waals surface area contributed by atoms with E-state index in [1.165, 1.54) is 0 Å². The van der Waals surface area contributed by atoms with Crippen molar-refractivity contribution < 1.29 is 4.52 Å². The van der Waals surface area contributed by atoms with Gasteiger partial charge in [-0.2, -0.15) is 5.10 Å². The normalized spacial score (nSPS) is 18.2. The minimum atomic E-state index is -0.0922. The molecular formula is C16H18N6O2. The molecule has 4 rings (SSSR count). The number of hydrogen-bond donors (Lipinski definition) is 0. The summed E-state index contributed by atoms with van der Waals surface area (Å²) in [6, 6.07) is 5.40. The highest BCUT2D eigenvalue weighted by Gasteiger charge is 2.26. The summed E-state index contributed by atoms with van der Waals surface area (Å²) in [4.78, 5) is 18.5. The van der Waals surface area contributed by atoms with E-state index in [2.05, 4.69) is 20.1 Å². The maximum Gasteiger partial charge on any atom is 0.266 e. The van der Waals surface area contributed by atoms with Gasteiger partial charge in [0.1, 0.15) is 6.33 Å². The molecule has 1 unspecified atom stereocenters. The molecule has 0 aromatic carbocycles. The summed E-state index contributed by atoms with van der Waals surface area (Å²) in [6.07, 6.45) is 8.96. The van der Waals surface area contributed by atoms with Crippen LogP contribution < -0.4 is 5.56 Å². The van der Waals surface area contributed by atoms with Gasteiger partial charge in [-0.15, -0.1) is 0 Å². The van der Waals surface area contributed by atoms with Gasteiger partial charge in [0.25, 0.3) is 5.56 Å². The first-order chi connectivity index (χ1) is 11.8. The van der Waals surface area contributed by atoms with Gasteiger partial charge in [-0.05, 0) is 25.5 Å². The molecule has 1 aliphatic heterocycles. The van der Waals surface area contributed by atoms with Crippen LogP contribution in [0, 0.1) is 0 Å². The van der Waals surface area contributed by atoms with Crippen molar-refractivity contribution in [2.24, 2.45) is 0 Å². The molecule has 0 radical (unpaired) electrons. The Morgan fingerprint density at radius 1 is 1.25 bits per heavy atom. The molecule has 3 aromatic heterocycles. The van der Waals surface area contributed by atoms with E-state index in [0.717, 1.165) is 25.1 Å². The van der Waals surface area contributed by atoms with Crippen LogP contribution in [0.1, 0.15) is 18.6 Å². The summed E-state index contributed by atoms with van der Waals surface area (Å²) < 4.78 is 8.53. The third kappa shape index (κ3) is 3.00. The van der Waals surface area contributed by atoms with E-state index in [-0.39, 0.29) is 11.6 Å². The minimum Gasteiger partial charge on any atom is -0.360 e. The van der Waals surface area contributed by atoms with Crippen molar-refractivity contribution in [3.8, 4) is 5.82 Å². The van der Waals surface area contributed by atoms with Crippen molar-refractivity contribution >= 4 is 0 Å². The number of aromatic nitrogens is 5. The van der Waals surface area contributed by atoms with Crippen LogP contribution in [0.25, 0.3) is 5.82 Å². The van der Waals surface area contributed by atoms with Crippen LogP contribution in [0.3, 0.4) is 0 Å². The Morgan fingerprint density at radius 3 is 3.00 bits per heavy atom. The van der Waals surface area contributed by atoms with Gasteiger partial charge < -0.3 is 4.52 Å². The molecule has 1 aliphatic rings. The van der Waals surface area contributed by atoms with Crippen LogP contribution in [-0.4, -0.2) is 42.0 Å². The molecule has 0 spiro atoms. The highest BCUT2D eigenvalue weighted by molar-refractivity contribution is 5.19. The lowest BCUT2D eigenvalue weighted by molar-refractivity contribution is 0.193. The number of hydrogen-bond acceptors (Lipinski definition) is 6. The molecule has 0 saturated carbocycles. The quantitative estimate of drug-likeness (QED) is 0.698. The van der Waals surface area contributed by atoms with E-state index in [1.54, 1.807) is 40.1 Å². The lowest BCUT2D eigenvalue weighted by Gasteiger charge is -2.23. The number of imidazole rings is 1. The second-order valence-electron chi connectivity index (χ2n) is 5.93. The summed E-state index contributed by atoms with van der Waals surface area (Å²) in [6.45, 7) is 2.26. The van der Waals surface area contributed by atoms with Crippen LogP contribution in [0.4, 0.5) is 0 Å². The van der Waals surface area contributed by atoms with Gasteiger partial charge in [0.2, 0.25) is 0 Å². The van der Waals surface area contributed by atoms with Crippen LogP contribution >= 0.6 is 0 Å². The smallest absolute Gasteiger partial charge is 0.266 e. The van der Waals surface area contributed by atoms with Crippen molar-refractivity contribution in [1.29, 1.82) is 0 Å². The van der Waals surface area contributed by atoms with E-state index >= 15 is 0 Å². The molecule has 8 nitrogen and oxygen atoms in total. The first kappa shape index (κ1) is 14.8. The Bertz CT molecular complexity index is 840. The van der Waals surface area contributed by atoms with Crippen molar-refractivity contribution in [2.45, 2.75) is 32.0 Å². The van der Waals surface area contributed by atoms with Crippen molar-refractivity contribution in [2.75, 3.05) is 6.54 Å². The maximum absolute atomic E-state index is 12.2. The van der Waals surface area contributed by atoms with Crippen molar-refractivity contribution in [3.05, 3.63) is 59.2 Å². The second kappa shape index (κ2) is 6.40. The fourth-order valence-corrected chi connectivity index (χ4v) is 3.13. The summed E-state index contributed by atoms with van der Waals surface area (Å²) in [7, 11) is 0. The number of likely N-dealkylation sites (tertiary alicyclic amines) is 1. The topological polar surface area (TPSA) is 82.0 Å². The van der Waals surface area contributed by atoms with Gasteiger partial charge in [-0.3, -0.25) is 14.3 Å². The molecule has 4 heterocycles. The summed E-state index contributed by atoms with van der Waals surface area (Å²) >= 11 is 0. The predicted molar refractivity (Wildman–Crippen MR) is 85.6 cm³/mol. The zero-order valence-electron chi connectivity index (χ0n) is 13.2. The SMILES string of the molecule is O=c1ccc(-n2ccnc2)nn1CC1CCCN1Cc1ccno1. The zero-order valence-corrected chi connectivity index (χ0v) is 13.2. The molecule has 3 aromatic rings. The van der Waals surface area contributed by atoms with E-state index in [9.17, 15) is 4.79 Å². The van der Waals surface area contributed by atoms with E-state index in [1.807, 2.05) is 12.3 Å². The number of nitrogens with zero attached hydrogens (tertiary/aromatic N) is 6. The average Bonchev–Trinajstić information content (AvgIpc) is 3.33. The molecular weight excluding hydrogens is 308 g/mol. The Hall–Kier alpha value is -2.74. The second-order valence-corrected chi connectivity index (χ2v) is 5.93. The van der Waals surface area contributed by atoms with E-state index in [4.69, 9.17) is 4.52 Å². The van der Waals surface area contributed by atoms with Gasteiger partial charge in [-0.1, -0.05) is 5.16 Å². The first-order valence-electron chi connectivity index (χ1n) is 8.00.